The van der Waals surface area contributed by atoms with E-state index in [1.54, 1.807) is 12.1 Å². The minimum atomic E-state index is -1.25. The predicted octanol–water partition coefficient (Wildman–Crippen LogP) is 4.56. The monoisotopic (exact) mass is 461 g/mol. The average molecular weight is 462 g/mol. The Morgan fingerprint density at radius 3 is 2.39 bits per heavy atom. The summed E-state index contributed by atoms with van der Waals surface area (Å²) in [5, 5.41) is 11.6. The molecule has 0 saturated heterocycles. The molecule has 158 valence electrons. The van der Waals surface area contributed by atoms with Gasteiger partial charge in [-0.25, -0.2) is 9.59 Å². The fourth-order valence-corrected chi connectivity index (χ4v) is 2.97. The minimum absolute atomic E-state index is 0.00400. The number of esters is 1. The summed E-state index contributed by atoms with van der Waals surface area (Å²) in [4.78, 5) is 46.3. The van der Waals surface area contributed by atoms with Crippen LogP contribution in [0.3, 0.4) is 0 Å². The third-order valence-electron chi connectivity index (χ3n) is 4.03. The summed E-state index contributed by atoms with van der Waals surface area (Å²) >= 11 is 11.8. The van der Waals surface area contributed by atoms with E-state index in [4.69, 9.17) is 37.5 Å². The molecule has 2 N–H and O–H groups in total. The SMILES string of the molecule is O=Cc1ccc(-c2ccc(Cl)c(C(=O)OCC(=O)Nc3ccc(Cl)c(C(=O)O)c3)c2)o1. The van der Waals surface area contributed by atoms with Gasteiger partial charge >= 0.3 is 11.9 Å². The van der Waals surface area contributed by atoms with E-state index in [2.05, 4.69) is 5.32 Å². The maximum absolute atomic E-state index is 12.4. The van der Waals surface area contributed by atoms with Crippen molar-refractivity contribution in [3.05, 3.63) is 75.5 Å². The third-order valence-corrected chi connectivity index (χ3v) is 4.69. The van der Waals surface area contributed by atoms with Gasteiger partial charge in [-0.3, -0.25) is 9.59 Å². The van der Waals surface area contributed by atoms with Gasteiger partial charge in [0.1, 0.15) is 5.76 Å². The smallest absolute Gasteiger partial charge is 0.340 e. The quantitative estimate of drug-likeness (QED) is 0.390. The molecule has 0 unspecified atom stereocenters. The lowest BCUT2D eigenvalue weighted by Gasteiger charge is -2.09. The highest BCUT2D eigenvalue weighted by Crippen LogP contribution is 2.27. The minimum Gasteiger partial charge on any atom is -0.478 e. The molecule has 0 radical (unpaired) electrons. The molecular weight excluding hydrogens is 449 g/mol. The molecule has 0 fully saturated rings. The fraction of sp³-hybridized carbons (Fsp3) is 0.0476. The molecule has 31 heavy (non-hydrogen) atoms. The Morgan fingerprint density at radius 1 is 1.00 bits per heavy atom. The summed E-state index contributed by atoms with van der Waals surface area (Å²) in [5.74, 6) is -2.33. The Labute approximate surface area is 185 Å². The molecule has 0 aliphatic heterocycles. The highest BCUT2D eigenvalue weighted by atomic mass is 35.5. The normalized spacial score (nSPS) is 10.4. The van der Waals surface area contributed by atoms with Crippen molar-refractivity contribution in [1.82, 2.24) is 0 Å². The van der Waals surface area contributed by atoms with Crippen LogP contribution in [-0.4, -0.2) is 35.8 Å². The number of nitrogens with one attached hydrogen (secondary N) is 1. The highest BCUT2D eigenvalue weighted by Gasteiger charge is 2.17. The lowest BCUT2D eigenvalue weighted by Crippen LogP contribution is -2.21. The van der Waals surface area contributed by atoms with E-state index in [-0.39, 0.29) is 32.6 Å². The van der Waals surface area contributed by atoms with Gasteiger partial charge in [0.25, 0.3) is 5.91 Å². The average Bonchev–Trinajstić information content (AvgIpc) is 3.23. The Bertz CT molecular complexity index is 1190. The molecule has 3 rings (SSSR count). The van der Waals surface area contributed by atoms with E-state index < -0.39 is 24.5 Å². The summed E-state index contributed by atoms with van der Waals surface area (Å²) in [7, 11) is 0. The summed E-state index contributed by atoms with van der Waals surface area (Å²) in [5.41, 5.74) is 0.467. The summed E-state index contributed by atoms with van der Waals surface area (Å²) in [6.07, 6.45) is 0.549. The topological polar surface area (TPSA) is 123 Å². The number of carbonyl (C=O) groups excluding carboxylic acids is 3. The number of rotatable bonds is 7. The van der Waals surface area contributed by atoms with Crippen molar-refractivity contribution in [3.8, 4) is 11.3 Å². The lowest BCUT2D eigenvalue weighted by molar-refractivity contribution is -0.119. The van der Waals surface area contributed by atoms with Crippen molar-refractivity contribution >= 4 is 53.0 Å². The number of carboxylic acids is 1. The second-order valence-corrected chi connectivity index (χ2v) is 6.95. The van der Waals surface area contributed by atoms with Crippen LogP contribution in [0.4, 0.5) is 5.69 Å². The van der Waals surface area contributed by atoms with Gasteiger partial charge in [-0.05, 0) is 48.5 Å². The molecule has 0 saturated carbocycles. The third kappa shape index (κ3) is 5.30. The summed E-state index contributed by atoms with van der Waals surface area (Å²) in [6.45, 7) is -0.638. The molecule has 0 aliphatic carbocycles. The van der Waals surface area contributed by atoms with E-state index in [0.29, 0.717) is 17.6 Å². The van der Waals surface area contributed by atoms with Crippen LogP contribution < -0.4 is 5.32 Å². The zero-order valence-electron chi connectivity index (χ0n) is 15.6. The molecule has 1 heterocycles. The van der Waals surface area contributed by atoms with E-state index in [9.17, 15) is 19.2 Å². The van der Waals surface area contributed by atoms with Crippen molar-refractivity contribution in [3.63, 3.8) is 0 Å². The molecule has 2 aromatic carbocycles. The van der Waals surface area contributed by atoms with E-state index in [0.717, 1.165) is 0 Å². The van der Waals surface area contributed by atoms with E-state index in [1.807, 2.05) is 0 Å². The first-order valence-electron chi connectivity index (χ1n) is 8.63. The molecule has 1 amide bonds. The zero-order chi connectivity index (χ0) is 22.5. The van der Waals surface area contributed by atoms with Crippen LogP contribution in [0, 0.1) is 0 Å². The number of hydrogen-bond acceptors (Lipinski definition) is 6. The Morgan fingerprint density at radius 2 is 1.71 bits per heavy atom. The van der Waals surface area contributed by atoms with Crippen molar-refractivity contribution < 1.29 is 33.4 Å². The van der Waals surface area contributed by atoms with Gasteiger partial charge in [-0.1, -0.05) is 23.2 Å². The number of amides is 1. The fourth-order valence-electron chi connectivity index (χ4n) is 2.58. The number of carboxylic acid groups (broad SMARTS) is 1. The summed E-state index contributed by atoms with van der Waals surface area (Å²) in [6, 6.07) is 11.4. The van der Waals surface area contributed by atoms with Gasteiger partial charge in [0, 0.05) is 11.3 Å². The predicted molar refractivity (Wildman–Crippen MR) is 112 cm³/mol. The van der Waals surface area contributed by atoms with Crippen LogP contribution >= 0.6 is 23.2 Å². The number of benzene rings is 2. The van der Waals surface area contributed by atoms with Crippen molar-refractivity contribution in [2.45, 2.75) is 0 Å². The van der Waals surface area contributed by atoms with E-state index >= 15 is 0 Å². The standard InChI is InChI=1S/C21H13Cl2NO7/c22-16-5-2-12(8-14(16)20(27)28)24-19(26)10-30-21(29)15-7-11(1-4-17(15)23)18-6-3-13(9-25)31-18/h1-9H,10H2,(H,24,26)(H,27,28). The number of ether oxygens (including phenoxy) is 1. The highest BCUT2D eigenvalue weighted by molar-refractivity contribution is 6.34. The molecule has 1 aromatic heterocycles. The van der Waals surface area contributed by atoms with Crippen LogP contribution in [0.25, 0.3) is 11.3 Å². The largest absolute Gasteiger partial charge is 0.478 e. The van der Waals surface area contributed by atoms with Crippen molar-refractivity contribution in [2.75, 3.05) is 11.9 Å². The molecule has 3 aromatic rings. The maximum atomic E-state index is 12.4. The van der Waals surface area contributed by atoms with Gasteiger partial charge in [-0.15, -0.1) is 0 Å². The first-order valence-corrected chi connectivity index (χ1v) is 9.39. The summed E-state index contributed by atoms with van der Waals surface area (Å²) < 4.78 is 10.3. The number of halogens is 2. The van der Waals surface area contributed by atoms with Crippen LogP contribution in [0.15, 0.2) is 52.9 Å². The molecule has 0 atom stereocenters. The maximum Gasteiger partial charge on any atom is 0.340 e. The van der Waals surface area contributed by atoms with Crippen LogP contribution in [0.5, 0.6) is 0 Å². The number of furan rings is 1. The first kappa shape index (κ1) is 22.1. The van der Waals surface area contributed by atoms with Gasteiger partial charge in [0.15, 0.2) is 18.7 Å². The number of aldehydes is 1. The Kier molecular flexibility index (Phi) is 6.74. The molecule has 10 heteroatoms. The number of anilines is 1. The second-order valence-electron chi connectivity index (χ2n) is 6.14. The molecule has 0 spiro atoms. The first-order chi connectivity index (χ1) is 14.8. The van der Waals surface area contributed by atoms with Gasteiger partial charge < -0.3 is 19.6 Å². The van der Waals surface area contributed by atoms with Gasteiger partial charge in [0.05, 0.1) is 21.2 Å². The van der Waals surface area contributed by atoms with Crippen LogP contribution in [0.1, 0.15) is 31.3 Å². The van der Waals surface area contributed by atoms with Gasteiger partial charge in [-0.2, -0.15) is 0 Å². The molecular formula is C21H13Cl2NO7. The Balaban J connectivity index is 1.67. The number of aromatic carboxylic acids is 1. The van der Waals surface area contributed by atoms with Crippen LogP contribution in [-0.2, 0) is 9.53 Å². The number of hydrogen-bond donors (Lipinski definition) is 2. The molecule has 0 bridgehead atoms. The zero-order valence-corrected chi connectivity index (χ0v) is 17.1. The molecule has 0 aliphatic rings. The number of carbonyl (C=O) groups is 4. The lowest BCUT2D eigenvalue weighted by atomic mass is 10.1. The van der Waals surface area contributed by atoms with Crippen molar-refractivity contribution in [2.24, 2.45) is 0 Å². The molecule has 8 nitrogen and oxygen atoms in total. The van der Waals surface area contributed by atoms with Crippen LogP contribution in [0.2, 0.25) is 10.0 Å². The van der Waals surface area contributed by atoms with Crippen molar-refractivity contribution in [1.29, 1.82) is 0 Å². The van der Waals surface area contributed by atoms with Gasteiger partial charge in [0.2, 0.25) is 0 Å². The van der Waals surface area contributed by atoms with E-state index in [1.165, 1.54) is 36.4 Å². The Hall–Kier alpha value is -3.62. The second kappa shape index (κ2) is 9.46.